The molecule has 1 fully saturated rings. The van der Waals surface area contributed by atoms with E-state index in [1.165, 1.54) is 12.8 Å². The van der Waals surface area contributed by atoms with E-state index in [1.807, 2.05) is 18.9 Å². The molecule has 0 aliphatic heterocycles. The smallest absolute Gasteiger partial charge is 0.245 e. The first kappa shape index (κ1) is 17.0. The molecule has 1 aromatic heterocycles. The van der Waals surface area contributed by atoms with Crippen LogP contribution in [0.2, 0.25) is 0 Å². The Bertz CT molecular complexity index is 569. The standard InChI is InChI=1S/C13H22BrN3O3S/c1-3-17(2)7-6-16-21(18,19)12-8-11(20-13(12)14)9-15-10-4-5-10/h8,10,15-16H,3-7,9H2,1-2H3. The Morgan fingerprint density at radius 1 is 1.48 bits per heavy atom. The molecule has 0 bridgehead atoms. The van der Waals surface area contributed by atoms with Gasteiger partial charge >= 0.3 is 0 Å². The maximum Gasteiger partial charge on any atom is 0.245 e. The van der Waals surface area contributed by atoms with Crippen LogP contribution in [0.1, 0.15) is 25.5 Å². The number of hydrogen-bond donors (Lipinski definition) is 2. The second-order valence-corrected chi connectivity index (χ2v) is 7.76. The van der Waals surface area contributed by atoms with Crippen LogP contribution in [-0.4, -0.2) is 46.0 Å². The van der Waals surface area contributed by atoms with E-state index in [0.29, 0.717) is 31.4 Å². The number of furan rings is 1. The Labute approximate surface area is 134 Å². The number of halogens is 1. The summed E-state index contributed by atoms with van der Waals surface area (Å²) in [5, 5.41) is 3.29. The zero-order valence-electron chi connectivity index (χ0n) is 12.4. The highest BCUT2D eigenvalue weighted by atomic mass is 79.9. The maximum absolute atomic E-state index is 12.2. The fourth-order valence-corrected chi connectivity index (χ4v) is 3.82. The van der Waals surface area contributed by atoms with Gasteiger partial charge in [0.15, 0.2) is 4.67 Å². The molecule has 8 heteroatoms. The zero-order valence-corrected chi connectivity index (χ0v) is 14.8. The van der Waals surface area contributed by atoms with Crippen molar-refractivity contribution >= 4 is 26.0 Å². The van der Waals surface area contributed by atoms with E-state index in [1.54, 1.807) is 6.07 Å². The Hall–Kier alpha value is -0.410. The van der Waals surface area contributed by atoms with Gasteiger partial charge in [-0.3, -0.25) is 0 Å². The average Bonchev–Trinajstić information content (AvgIpc) is 3.18. The van der Waals surface area contributed by atoms with Crippen LogP contribution in [0.5, 0.6) is 0 Å². The molecule has 0 saturated heterocycles. The normalized spacial score (nSPS) is 15.8. The van der Waals surface area contributed by atoms with Gasteiger partial charge in [-0.25, -0.2) is 13.1 Å². The molecule has 0 atom stereocenters. The molecule has 1 aliphatic rings. The molecule has 120 valence electrons. The monoisotopic (exact) mass is 379 g/mol. The summed E-state index contributed by atoms with van der Waals surface area (Å²) in [7, 11) is -1.59. The van der Waals surface area contributed by atoms with Gasteiger partial charge in [-0.05, 0) is 42.4 Å². The van der Waals surface area contributed by atoms with E-state index < -0.39 is 10.0 Å². The van der Waals surface area contributed by atoms with Crippen LogP contribution in [0, 0.1) is 0 Å². The van der Waals surface area contributed by atoms with Gasteiger partial charge in [-0.1, -0.05) is 6.92 Å². The Morgan fingerprint density at radius 2 is 2.19 bits per heavy atom. The fraction of sp³-hybridized carbons (Fsp3) is 0.692. The van der Waals surface area contributed by atoms with E-state index in [2.05, 4.69) is 26.0 Å². The first-order valence-corrected chi connectivity index (χ1v) is 9.39. The van der Waals surface area contributed by atoms with Crippen LogP contribution in [0.25, 0.3) is 0 Å². The number of nitrogens with one attached hydrogen (secondary N) is 2. The van der Waals surface area contributed by atoms with Crippen LogP contribution in [0.4, 0.5) is 0 Å². The van der Waals surface area contributed by atoms with Crippen LogP contribution in [0.3, 0.4) is 0 Å². The maximum atomic E-state index is 12.2. The summed E-state index contributed by atoms with van der Waals surface area (Å²) in [4.78, 5) is 2.20. The highest BCUT2D eigenvalue weighted by molar-refractivity contribution is 9.10. The minimum Gasteiger partial charge on any atom is -0.452 e. The number of hydrogen-bond acceptors (Lipinski definition) is 5. The van der Waals surface area contributed by atoms with Crippen molar-refractivity contribution in [3.05, 3.63) is 16.5 Å². The van der Waals surface area contributed by atoms with Crippen LogP contribution in [0.15, 0.2) is 20.0 Å². The third-order valence-corrected chi connectivity index (χ3v) is 5.78. The van der Waals surface area contributed by atoms with E-state index in [4.69, 9.17) is 4.42 Å². The number of nitrogens with zero attached hydrogens (tertiary/aromatic N) is 1. The second-order valence-electron chi connectivity index (χ2n) is 5.30. The second kappa shape index (κ2) is 7.23. The SMILES string of the molecule is CCN(C)CCNS(=O)(=O)c1cc(CNC2CC2)oc1Br. The van der Waals surface area contributed by atoms with Gasteiger partial charge in [-0.15, -0.1) is 0 Å². The van der Waals surface area contributed by atoms with Gasteiger partial charge in [0.1, 0.15) is 10.7 Å². The van der Waals surface area contributed by atoms with E-state index in [9.17, 15) is 8.42 Å². The molecule has 1 aliphatic carbocycles. The number of rotatable bonds is 9. The molecule has 1 saturated carbocycles. The number of sulfonamides is 1. The zero-order chi connectivity index (χ0) is 15.5. The van der Waals surface area contributed by atoms with Crippen molar-refractivity contribution in [2.24, 2.45) is 0 Å². The predicted molar refractivity (Wildman–Crippen MR) is 84.6 cm³/mol. The van der Waals surface area contributed by atoms with Crippen molar-refractivity contribution in [2.75, 3.05) is 26.7 Å². The van der Waals surface area contributed by atoms with Crippen molar-refractivity contribution in [2.45, 2.75) is 37.2 Å². The Morgan fingerprint density at radius 3 is 2.81 bits per heavy atom. The van der Waals surface area contributed by atoms with Crippen molar-refractivity contribution in [1.82, 2.24) is 14.9 Å². The van der Waals surface area contributed by atoms with Crippen LogP contribution in [-0.2, 0) is 16.6 Å². The Balaban J connectivity index is 1.94. The third kappa shape index (κ3) is 5.07. The molecular weight excluding hydrogens is 358 g/mol. The van der Waals surface area contributed by atoms with E-state index in [-0.39, 0.29) is 9.56 Å². The molecular formula is C13H22BrN3O3S. The summed E-state index contributed by atoms with van der Waals surface area (Å²) in [5.41, 5.74) is 0. The quantitative estimate of drug-likeness (QED) is 0.680. The fourth-order valence-electron chi connectivity index (χ4n) is 1.81. The minimum absolute atomic E-state index is 0.161. The summed E-state index contributed by atoms with van der Waals surface area (Å²) in [6.07, 6.45) is 2.36. The third-order valence-electron chi connectivity index (χ3n) is 3.46. The summed E-state index contributed by atoms with van der Waals surface area (Å²) in [6.45, 7) is 4.51. The molecule has 1 aromatic rings. The van der Waals surface area contributed by atoms with Crippen molar-refractivity contribution in [1.29, 1.82) is 0 Å². The minimum atomic E-state index is -3.54. The topological polar surface area (TPSA) is 74.6 Å². The molecule has 0 aromatic carbocycles. The number of likely N-dealkylation sites (N-methyl/N-ethyl adjacent to an activating group) is 1. The van der Waals surface area contributed by atoms with Crippen molar-refractivity contribution in [3.8, 4) is 0 Å². The van der Waals surface area contributed by atoms with Gasteiger partial charge in [-0.2, -0.15) is 0 Å². The first-order chi connectivity index (χ1) is 9.92. The lowest BCUT2D eigenvalue weighted by Gasteiger charge is -2.13. The highest BCUT2D eigenvalue weighted by Crippen LogP contribution is 2.27. The molecule has 2 rings (SSSR count). The van der Waals surface area contributed by atoms with Crippen LogP contribution < -0.4 is 10.0 Å². The molecule has 0 radical (unpaired) electrons. The average molecular weight is 380 g/mol. The van der Waals surface area contributed by atoms with Gasteiger partial charge in [0.25, 0.3) is 0 Å². The van der Waals surface area contributed by atoms with Crippen LogP contribution >= 0.6 is 15.9 Å². The summed E-state index contributed by atoms with van der Waals surface area (Å²) in [5.74, 6) is 0.625. The molecule has 1 heterocycles. The van der Waals surface area contributed by atoms with Gasteiger partial charge in [0.2, 0.25) is 10.0 Å². The van der Waals surface area contributed by atoms with Crippen molar-refractivity contribution in [3.63, 3.8) is 0 Å². The summed E-state index contributed by atoms with van der Waals surface area (Å²) >= 11 is 3.19. The summed E-state index contributed by atoms with van der Waals surface area (Å²) in [6, 6.07) is 2.13. The van der Waals surface area contributed by atoms with Gasteiger partial charge < -0.3 is 14.6 Å². The van der Waals surface area contributed by atoms with Gasteiger partial charge in [0, 0.05) is 25.2 Å². The lowest BCUT2D eigenvalue weighted by molar-refractivity contribution is 0.358. The largest absolute Gasteiger partial charge is 0.452 e. The molecule has 0 unspecified atom stereocenters. The van der Waals surface area contributed by atoms with E-state index >= 15 is 0 Å². The Kier molecular flexibility index (Phi) is 5.84. The van der Waals surface area contributed by atoms with E-state index in [0.717, 1.165) is 6.54 Å². The highest BCUT2D eigenvalue weighted by Gasteiger charge is 2.24. The summed E-state index contributed by atoms with van der Waals surface area (Å²) < 4.78 is 32.8. The molecule has 2 N–H and O–H groups in total. The lowest BCUT2D eigenvalue weighted by Crippen LogP contribution is -2.32. The molecule has 21 heavy (non-hydrogen) atoms. The lowest BCUT2D eigenvalue weighted by atomic mass is 10.4. The van der Waals surface area contributed by atoms with Crippen molar-refractivity contribution < 1.29 is 12.8 Å². The van der Waals surface area contributed by atoms with Gasteiger partial charge in [0.05, 0.1) is 6.54 Å². The molecule has 6 nitrogen and oxygen atoms in total. The predicted octanol–water partition coefficient (Wildman–Crippen LogP) is 1.52. The molecule has 0 spiro atoms. The molecule has 0 amide bonds. The first-order valence-electron chi connectivity index (χ1n) is 7.12.